The van der Waals surface area contributed by atoms with Gasteiger partial charge in [-0.3, -0.25) is 9.69 Å². The molecule has 2 aromatic carbocycles. The van der Waals surface area contributed by atoms with Crippen LogP contribution in [0.5, 0.6) is 0 Å². The number of H-pyrrole nitrogens is 1. The van der Waals surface area contributed by atoms with Crippen molar-refractivity contribution in [3.8, 4) is 11.1 Å². The van der Waals surface area contributed by atoms with Crippen LogP contribution in [0.2, 0.25) is 0 Å². The first-order valence-corrected chi connectivity index (χ1v) is 14.8. The van der Waals surface area contributed by atoms with E-state index in [9.17, 15) is 18.3 Å². The lowest BCUT2D eigenvalue weighted by atomic mass is 9.88. The van der Waals surface area contributed by atoms with Crippen LogP contribution in [0.1, 0.15) is 42.7 Å². The van der Waals surface area contributed by atoms with Crippen molar-refractivity contribution in [1.82, 2.24) is 14.2 Å². The van der Waals surface area contributed by atoms with Gasteiger partial charge in [0, 0.05) is 42.8 Å². The number of fused-ring (bicyclic) bond motifs is 1. The number of aliphatic hydroxyl groups excluding tert-OH is 1. The van der Waals surface area contributed by atoms with E-state index in [4.69, 9.17) is 5.73 Å². The number of nitrogens with two attached hydrogens (primary N) is 1. The first kappa shape index (κ1) is 25.9. The molecule has 9 heteroatoms. The molecule has 5 rings (SSSR count). The second-order valence-corrected chi connectivity index (χ2v) is 12.4. The number of carbonyl (C=O) groups is 1. The SMILES string of the molecule is NC(=O)Cc1cc(-c2ccccc2)cc2c(C3CCN(S(=O)(=O)CCN4CCC[C@H]4CO)CC3)c[nH]c12. The van der Waals surface area contributed by atoms with Crippen molar-refractivity contribution in [2.45, 2.75) is 44.1 Å². The molecule has 0 unspecified atom stereocenters. The molecule has 0 bridgehead atoms. The zero-order chi connectivity index (χ0) is 26.0. The van der Waals surface area contributed by atoms with Gasteiger partial charge in [-0.2, -0.15) is 0 Å². The summed E-state index contributed by atoms with van der Waals surface area (Å²) >= 11 is 0. The number of nitrogens with one attached hydrogen (secondary N) is 1. The summed E-state index contributed by atoms with van der Waals surface area (Å²) in [6.45, 7) is 2.40. The van der Waals surface area contributed by atoms with Gasteiger partial charge < -0.3 is 15.8 Å². The van der Waals surface area contributed by atoms with E-state index in [2.05, 4.69) is 28.1 Å². The van der Waals surface area contributed by atoms with E-state index in [1.54, 1.807) is 4.31 Å². The third kappa shape index (κ3) is 5.60. The van der Waals surface area contributed by atoms with E-state index >= 15 is 0 Å². The van der Waals surface area contributed by atoms with Crippen molar-refractivity contribution in [3.05, 3.63) is 59.8 Å². The van der Waals surface area contributed by atoms with E-state index in [1.807, 2.05) is 30.5 Å². The minimum absolute atomic E-state index is 0.0861. The summed E-state index contributed by atoms with van der Waals surface area (Å²) in [6, 6.07) is 14.3. The number of likely N-dealkylation sites (tertiary alicyclic amines) is 1. The van der Waals surface area contributed by atoms with Gasteiger partial charge in [-0.05, 0) is 72.5 Å². The molecule has 3 heterocycles. The number of hydrogen-bond donors (Lipinski definition) is 3. The lowest BCUT2D eigenvalue weighted by Gasteiger charge is -2.32. The van der Waals surface area contributed by atoms with Crippen molar-refractivity contribution in [3.63, 3.8) is 0 Å². The van der Waals surface area contributed by atoms with Crippen molar-refractivity contribution in [2.75, 3.05) is 38.5 Å². The van der Waals surface area contributed by atoms with E-state index in [1.165, 1.54) is 5.56 Å². The predicted molar refractivity (Wildman–Crippen MR) is 146 cm³/mol. The standard InChI is InChI=1S/C28H36N4O4S/c29-27(34)17-23-15-22(20-5-2-1-3-6-20)16-25-26(18-30-28(23)25)21-8-11-32(12-9-21)37(35,36)14-13-31-10-4-7-24(31)19-33/h1-3,5-6,15-16,18,21,24,30,33H,4,7-14,17,19H2,(H2,29,34)/t24-/m0/s1. The number of sulfonamides is 1. The maximum atomic E-state index is 13.1. The highest BCUT2D eigenvalue weighted by Crippen LogP contribution is 2.37. The second kappa shape index (κ2) is 10.9. The van der Waals surface area contributed by atoms with Crippen molar-refractivity contribution < 1.29 is 18.3 Å². The molecule has 2 aliphatic rings. The fourth-order valence-corrected chi connectivity index (χ4v) is 7.48. The maximum absolute atomic E-state index is 13.1. The third-order valence-corrected chi connectivity index (χ3v) is 9.86. The molecule has 0 radical (unpaired) electrons. The topological polar surface area (TPSA) is 120 Å². The largest absolute Gasteiger partial charge is 0.395 e. The van der Waals surface area contributed by atoms with Crippen LogP contribution in [0.3, 0.4) is 0 Å². The van der Waals surface area contributed by atoms with Crippen LogP contribution in [0.25, 0.3) is 22.0 Å². The molecule has 37 heavy (non-hydrogen) atoms. The molecule has 1 aromatic heterocycles. The monoisotopic (exact) mass is 524 g/mol. The highest BCUT2D eigenvalue weighted by atomic mass is 32.2. The molecule has 3 aromatic rings. The zero-order valence-electron chi connectivity index (χ0n) is 21.1. The molecule has 0 spiro atoms. The van der Waals surface area contributed by atoms with Gasteiger partial charge in [-0.1, -0.05) is 30.3 Å². The first-order chi connectivity index (χ1) is 17.9. The summed E-state index contributed by atoms with van der Waals surface area (Å²) in [5.41, 5.74) is 10.6. The summed E-state index contributed by atoms with van der Waals surface area (Å²) in [5, 5.41) is 10.6. The van der Waals surface area contributed by atoms with E-state index in [0.717, 1.165) is 59.8 Å². The summed E-state index contributed by atoms with van der Waals surface area (Å²) in [4.78, 5) is 17.3. The number of primary amides is 1. The number of hydrogen-bond acceptors (Lipinski definition) is 5. The first-order valence-electron chi connectivity index (χ1n) is 13.2. The van der Waals surface area contributed by atoms with Gasteiger partial charge in [-0.15, -0.1) is 0 Å². The number of carbonyl (C=O) groups excluding carboxylic acids is 1. The molecule has 2 fully saturated rings. The average molecular weight is 525 g/mol. The Morgan fingerprint density at radius 3 is 2.51 bits per heavy atom. The number of aliphatic hydroxyl groups is 1. The number of amides is 1. The fourth-order valence-electron chi connectivity index (χ4n) is 5.99. The highest BCUT2D eigenvalue weighted by molar-refractivity contribution is 7.89. The number of piperidine rings is 1. The van der Waals surface area contributed by atoms with Gasteiger partial charge in [0.1, 0.15) is 0 Å². The van der Waals surface area contributed by atoms with Crippen LogP contribution in [0.4, 0.5) is 0 Å². The molecule has 8 nitrogen and oxygen atoms in total. The van der Waals surface area contributed by atoms with Crippen LogP contribution in [0, 0.1) is 0 Å². The predicted octanol–water partition coefficient (Wildman–Crippen LogP) is 2.83. The van der Waals surface area contributed by atoms with Crippen molar-refractivity contribution >= 4 is 26.8 Å². The Hall–Kier alpha value is -2.72. The van der Waals surface area contributed by atoms with Gasteiger partial charge in [-0.25, -0.2) is 12.7 Å². The number of benzene rings is 2. The normalized spacial score (nSPS) is 20.1. The molecule has 2 aliphatic heterocycles. The Bertz CT molecular complexity index is 1350. The van der Waals surface area contributed by atoms with E-state index in [-0.39, 0.29) is 36.6 Å². The van der Waals surface area contributed by atoms with Gasteiger partial charge in [0.2, 0.25) is 15.9 Å². The number of aromatic amines is 1. The zero-order valence-corrected chi connectivity index (χ0v) is 21.9. The summed E-state index contributed by atoms with van der Waals surface area (Å²) in [7, 11) is -3.35. The van der Waals surface area contributed by atoms with E-state index < -0.39 is 10.0 Å². The summed E-state index contributed by atoms with van der Waals surface area (Å²) < 4.78 is 27.8. The van der Waals surface area contributed by atoms with Crippen LogP contribution in [0.15, 0.2) is 48.7 Å². The third-order valence-electron chi connectivity index (χ3n) is 8.01. The van der Waals surface area contributed by atoms with Gasteiger partial charge in [0.05, 0.1) is 18.8 Å². The van der Waals surface area contributed by atoms with Crippen LogP contribution in [-0.4, -0.2) is 78.2 Å². The smallest absolute Gasteiger partial charge is 0.221 e. The minimum atomic E-state index is -3.35. The Labute approximate surface area is 218 Å². The number of nitrogens with zero attached hydrogens (tertiary/aromatic N) is 2. The van der Waals surface area contributed by atoms with Crippen LogP contribution >= 0.6 is 0 Å². The fraction of sp³-hybridized carbons (Fsp3) is 0.464. The molecule has 0 aliphatic carbocycles. The van der Waals surface area contributed by atoms with Crippen molar-refractivity contribution in [2.24, 2.45) is 5.73 Å². The lowest BCUT2D eigenvalue weighted by molar-refractivity contribution is -0.117. The minimum Gasteiger partial charge on any atom is -0.395 e. The van der Waals surface area contributed by atoms with Gasteiger partial charge in [0.25, 0.3) is 0 Å². The molecule has 1 amide bonds. The van der Waals surface area contributed by atoms with Crippen LogP contribution in [-0.2, 0) is 21.2 Å². The van der Waals surface area contributed by atoms with Gasteiger partial charge in [0.15, 0.2) is 0 Å². The quantitative estimate of drug-likeness (QED) is 0.398. The molecule has 0 saturated carbocycles. The molecule has 1 atom stereocenters. The van der Waals surface area contributed by atoms with E-state index in [0.29, 0.717) is 19.6 Å². The molecule has 4 N–H and O–H groups in total. The Balaban J connectivity index is 1.33. The molecular formula is C28H36N4O4S. The number of aromatic nitrogens is 1. The maximum Gasteiger partial charge on any atom is 0.221 e. The average Bonchev–Trinajstić information content (AvgIpc) is 3.55. The molecule has 198 valence electrons. The Morgan fingerprint density at radius 2 is 1.81 bits per heavy atom. The lowest BCUT2D eigenvalue weighted by Crippen LogP contribution is -2.43. The summed E-state index contributed by atoms with van der Waals surface area (Å²) in [5.74, 6) is -0.0524. The summed E-state index contributed by atoms with van der Waals surface area (Å²) in [6.07, 6.45) is 5.60. The second-order valence-electron chi connectivity index (χ2n) is 10.3. The molecule has 2 saturated heterocycles. The Morgan fingerprint density at radius 1 is 1.05 bits per heavy atom. The highest BCUT2D eigenvalue weighted by Gasteiger charge is 2.32. The molecular weight excluding hydrogens is 488 g/mol. The van der Waals surface area contributed by atoms with Crippen LogP contribution < -0.4 is 5.73 Å². The van der Waals surface area contributed by atoms with Crippen molar-refractivity contribution in [1.29, 1.82) is 0 Å². The van der Waals surface area contributed by atoms with Gasteiger partial charge >= 0.3 is 0 Å². The number of rotatable bonds is 9. The Kier molecular flexibility index (Phi) is 7.67.